The average Bonchev–Trinajstić information content (AvgIpc) is 3.10. The molecule has 1 aromatic carbocycles. The molecule has 1 heterocycles. The Morgan fingerprint density at radius 2 is 2.33 bits per heavy atom. The van der Waals surface area contributed by atoms with Gasteiger partial charge in [-0.25, -0.2) is 0 Å². The Bertz CT molecular complexity index is 604. The summed E-state index contributed by atoms with van der Waals surface area (Å²) < 4.78 is 5.15. The van der Waals surface area contributed by atoms with Gasteiger partial charge in [-0.1, -0.05) is 0 Å². The topological polar surface area (TPSA) is 55.1 Å². The van der Waals surface area contributed by atoms with E-state index in [1.807, 2.05) is 6.92 Å². The summed E-state index contributed by atoms with van der Waals surface area (Å²) in [4.78, 5) is 16.0. The minimum atomic E-state index is -0.0737. The monoisotopic (exact) mass is 264 g/mol. The van der Waals surface area contributed by atoms with Gasteiger partial charge in [-0.05, 0) is 55.5 Å². The van der Waals surface area contributed by atoms with Crippen molar-refractivity contribution < 1.29 is 9.21 Å². The van der Waals surface area contributed by atoms with Crippen LogP contribution in [0.15, 0.2) is 22.6 Å². The summed E-state index contributed by atoms with van der Waals surface area (Å²) in [5.74, 6) is 0.564. The molecule has 94 valence electrons. The summed E-state index contributed by atoms with van der Waals surface area (Å²) in [6.45, 7) is 2.04. The molecule has 5 heteroatoms. The molecule has 0 bridgehead atoms. The van der Waals surface area contributed by atoms with Crippen LogP contribution in [-0.2, 0) is 0 Å². The summed E-state index contributed by atoms with van der Waals surface area (Å²) in [6.07, 6.45) is 2.42. The second-order valence-electron chi connectivity index (χ2n) is 4.75. The van der Waals surface area contributed by atoms with Crippen LogP contribution < -0.4 is 5.32 Å². The highest BCUT2D eigenvalue weighted by atomic mass is 35.5. The molecule has 2 aromatic rings. The Morgan fingerprint density at radius 1 is 1.56 bits per heavy atom. The number of fused-ring (bicyclic) bond motifs is 1. The first kappa shape index (κ1) is 11.5. The predicted octanol–water partition coefficient (Wildman–Crippen LogP) is 3.01. The summed E-state index contributed by atoms with van der Waals surface area (Å²) in [5.41, 5.74) is 1.78. The van der Waals surface area contributed by atoms with E-state index >= 15 is 0 Å². The number of hydrogen-bond acceptors (Lipinski definition) is 3. The van der Waals surface area contributed by atoms with Crippen molar-refractivity contribution in [3.63, 3.8) is 0 Å². The standard InChI is InChI=1S/C13H13ClN2O2/c1-7(8-2-3-8)15-12(17)9-4-5-11-10(6-9)16-13(14)18-11/h4-8H,2-3H2,1H3,(H,15,17)/t7-/m0/s1. The molecule has 1 saturated carbocycles. The maximum Gasteiger partial charge on any atom is 0.293 e. The molecule has 4 nitrogen and oxygen atoms in total. The summed E-state index contributed by atoms with van der Waals surface area (Å²) >= 11 is 5.67. The number of nitrogens with one attached hydrogen (secondary N) is 1. The van der Waals surface area contributed by atoms with E-state index < -0.39 is 0 Å². The van der Waals surface area contributed by atoms with Gasteiger partial charge in [0.05, 0.1) is 0 Å². The van der Waals surface area contributed by atoms with Crippen LogP contribution in [-0.4, -0.2) is 16.9 Å². The number of rotatable bonds is 3. The van der Waals surface area contributed by atoms with Gasteiger partial charge in [0.15, 0.2) is 5.58 Å². The largest absolute Gasteiger partial charge is 0.428 e. The fraction of sp³-hybridized carbons (Fsp3) is 0.385. The van der Waals surface area contributed by atoms with Crippen molar-refractivity contribution in [3.05, 3.63) is 29.1 Å². The third-order valence-corrected chi connectivity index (χ3v) is 3.47. The minimum absolute atomic E-state index is 0.0737. The molecule has 1 amide bonds. The summed E-state index contributed by atoms with van der Waals surface area (Å²) in [6, 6.07) is 5.36. The van der Waals surface area contributed by atoms with Crippen LogP contribution in [0.3, 0.4) is 0 Å². The van der Waals surface area contributed by atoms with Crippen LogP contribution in [0, 0.1) is 5.92 Å². The Kier molecular flexibility index (Phi) is 2.74. The lowest BCUT2D eigenvalue weighted by Gasteiger charge is -2.12. The molecule has 1 fully saturated rings. The third kappa shape index (κ3) is 2.20. The third-order valence-electron chi connectivity index (χ3n) is 3.31. The van der Waals surface area contributed by atoms with Gasteiger partial charge in [0.25, 0.3) is 11.3 Å². The van der Waals surface area contributed by atoms with Crippen molar-refractivity contribution >= 4 is 28.6 Å². The predicted molar refractivity (Wildman–Crippen MR) is 68.7 cm³/mol. The molecule has 1 N–H and O–H groups in total. The lowest BCUT2D eigenvalue weighted by Crippen LogP contribution is -2.33. The van der Waals surface area contributed by atoms with Crippen LogP contribution in [0.2, 0.25) is 5.35 Å². The van der Waals surface area contributed by atoms with E-state index in [0.29, 0.717) is 22.6 Å². The number of nitrogens with zero attached hydrogens (tertiary/aromatic N) is 1. The Morgan fingerprint density at radius 3 is 3.06 bits per heavy atom. The van der Waals surface area contributed by atoms with Gasteiger partial charge in [0.2, 0.25) is 0 Å². The molecule has 0 saturated heterocycles. The molecule has 1 aliphatic rings. The van der Waals surface area contributed by atoms with Crippen molar-refractivity contribution in [2.75, 3.05) is 0 Å². The Labute approximate surface area is 109 Å². The highest BCUT2D eigenvalue weighted by Crippen LogP contribution is 2.32. The molecule has 18 heavy (non-hydrogen) atoms. The highest BCUT2D eigenvalue weighted by molar-refractivity contribution is 6.28. The van der Waals surface area contributed by atoms with Crippen LogP contribution in [0.25, 0.3) is 11.1 Å². The van der Waals surface area contributed by atoms with Crippen molar-refractivity contribution in [2.45, 2.75) is 25.8 Å². The van der Waals surface area contributed by atoms with Gasteiger partial charge in [-0.3, -0.25) is 4.79 Å². The van der Waals surface area contributed by atoms with E-state index in [4.69, 9.17) is 16.0 Å². The van der Waals surface area contributed by atoms with E-state index in [0.717, 1.165) is 0 Å². The number of hydrogen-bond donors (Lipinski definition) is 1. The number of carbonyl (C=O) groups is 1. The first-order chi connectivity index (χ1) is 8.63. The Balaban J connectivity index is 1.81. The number of carbonyl (C=O) groups excluding carboxylic acids is 1. The second kappa shape index (κ2) is 4.28. The molecule has 0 spiro atoms. The van der Waals surface area contributed by atoms with Gasteiger partial charge in [-0.2, -0.15) is 4.98 Å². The van der Waals surface area contributed by atoms with E-state index in [1.165, 1.54) is 12.8 Å². The molecule has 3 rings (SSSR count). The SMILES string of the molecule is C[C@H](NC(=O)c1ccc2oc(Cl)nc2c1)C1CC1. The number of oxazole rings is 1. The zero-order valence-corrected chi connectivity index (χ0v) is 10.7. The number of benzene rings is 1. The lowest BCUT2D eigenvalue weighted by molar-refractivity contribution is 0.0936. The molecule has 1 atom stereocenters. The zero-order chi connectivity index (χ0) is 12.7. The molecule has 0 radical (unpaired) electrons. The second-order valence-corrected chi connectivity index (χ2v) is 5.07. The van der Waals surface area contributed by atoms with Gasteiger partial charge in [0.1, 0.15) is 5.52 Å². The molecular weight excluding hydrogens is 252 g/mol. The van der Waals surface area contributed by atoms with Crippen molar-refractivity contribution in [1.82, 2.24) is 10.3 Å². The van der Waals surface area contributed by atoms with E-state index in [2.05, 4.69) is 10.3 Å². The van der Waals surface area contributed by atoms with E-state index in [1.54, 1.807) is 18.2 Å². The van der Waals surface area contributed by atoms with Crippen molar-refractivity contribution in [2.24, 2.45) is 5.92 Å². The van der Waals surface area contributed by atoms with Gasteiger partial charge in [-0.15, -0.1) is 0 Å². The van der Waals surface area contributed by atoms with Crippen LogP contribution >= 0.6 is 11.6 Å². The number of amides is 1. The average molecular weight is 265 g/mol. The van der Waals surface area contributed by atoms with Crippen LogP contribution in [0.1, 0.15) is 30.1 Å². The summed E-state index contributed by atoms with van der Waals surface area (Å²) in [7, 11) is 0. The minimum Gasteiger partial charge on any atom is -0.428 e. The van der Waals surface area contributed by atoms with Crippen LogP contribution in [0.4, 0.5) is 0 Å². The lowest BCUT2D eigenvalue weighted by atomic mass is 10.1. The van der Waals surface area contributed by atoms with Crippen LogP contribution in [0.5, 0.6) is 0 Å². The van der Waals surface area contributed by atoms with E-state index in [9.17, 15) is 4.79 Å². The quantitative estimate of drug-likeness (QED) is 0.927. The van der Waals surface area contributed by atoms with Crippen molar-refractivity contribution in [3.8, 4) is 0 Å². The fourth-order valence-electron chi connectivity index (χ4n) is 2.04. The number of halogens is 1. The molecular formula is C13H13ClN2O2. The summed E-state index contributed by atoms with van der Waals surface area (Å²) in [5, 5.41) is 3.09. The molecule has 1 aliphatic carbocycles. The Hall–Kier alpha value is -1.55. The van der Waals surface area contributed by atoms with Crippen molar-refractivity contribution in [1.29, 1.82) is 0 Å². The zero-order valence-electron chi connectivity index (χ0n) is 9.94. The molecule has 0 unspecified atom stereocenters. The first-order valence-corrected chi connectivity index (χ1v) is 6.38. The van der Waals surface area contributed by atoms with Gasteiger partial charge >= 0.3 is 0 Å². The number of aromatic nitrogens is 1. The normalized spacial score (nSPS) is 16.8. The van der Waals surface area contributed by atoms with E-state index in [-0.39, 0.29) is 17.3 Å². The smallest absolute Gasteiger partial charge is 0.293 e. The molecule has 1 aromatic heterocycles. The maximum absolute atomic E-state index is 12.0. The fourth-order valence-corrected chi connectivity index (χ4v) is 2.22. The molecule has 0 aliphatic heterocycles. The van der Waals surface area contributed by atoms with Gasteiger partial charge in [0, 0.05) is 11.6 Å². The maximum atomic E-state index is 12.0. The first-order valence-electron chi connectivity index (χ1n) is 6.00. The highest BCUT2D eigenvalue weighted by Gasteiger charge is 2.29. The van der Waals surface area contributed by atoms with Gasteiger partial charge < -0.3 is 9.73 Å².